The number of H-pyrrole nitrogens is 1. The number of aromatic amines is 1. The standard InChI is InChI=1S/C22H16ClF2N7O/c1-2-14(30-20-17-19(27-9-26-17)28-10-29-20)21-31-15-8-3-5-11(23)16(15)22(33)32(21)18-12(24)6-4-7-13(18)25/h3-10,14H,2H2,1H3,(H2,26,27,28,29,30). The van der Waals surface area contributed by atoms with Crippen LogP contribution in [0.25, 0.3) is 27.8 Å². The molecule has 0 bridgehead atoms. The Hall–Kier alpha value is -3.92. The van der Waals surface area contributed by atoms with Crippen LogP contribution in [0.3, 0.4) is 0 Å². The third kappa shape index (κ3) is 3.48. The zero-order chi connectivity index (χ0) is 23.1. The van der Waals surface area contributed by atoms with Crippen molar-refractivity contribution in [3.63, 3.8) is 0 Å². The van der Waals surface area contributed by atoms with E-state index in [4.69, 9.17) is 11.6 Å². The molecule has 5 aromatic rings. The minimum absolute atomic E-state index is 0.0668. The monoisotopic (exact) mass is 467 g/mol. The highest BCUT2D eigenvalue weighted by Gasteiger charge is 2.25. The largest absolute Gasteiger partial charge is 0.358 e. The van der Waals surface area contributed by atoms with E-state index in [1.807, 2.05) is 6.92 Å². The number of aromatic nitrogens is 6. The molecular weight excluding hydrogens is 452 g/mol. The Kier molecular flexibility index (Phi) is 5.21. The number of rotatable bonds is 5. The van der Waals surface area contributed by atoms with Gasteiger partial charge in [-0.05, 0) is 30.7 Å². The van der Waals surface area contributed by atoms with Crippen molar-refractivity contribution in [1.29, 1.82) is 0 Å². The number of para-hydroxylation sites is 1. The van der Waals surface area contributed by atoms with Crippen LogP contribution in [-0.2, 0) is 0 Å². The molecule has 0 aliphatic carbocycles. The molecule has 0 saturated carbocycles. The average Bonchev–Trinajstić information content (AvgIpc) is 3.28. The maximum absolute atomic E-state index is 14.8. The zero-order valence-electron chi connectivity index (χ0n) is 17.2. The first-order chi connectivity index (χ1) is 16.0. The van der Waals surface area contributed by atoms with Crippen LogP contribution in [0, 0.1) is 11.6 Å². The molecule has 0 aliphatic heterocycles. The molecule has 33 heavy (non-hydrogen) atoms. The third-order valence-corrected chi connectivity index (χ3v) is 5.60. The van der Waals surface area contributed by atoms with Gasteiger partial charge in [0.1, 0.15) is 35.0 Å². The number of halogens is 3. The van der Waals surface area contributed by atoms with Gasteiger partial charge in [-0.1, -0.05) is 30.7 Å². The summed E-state index contributed by atoms with van der Waals surface area (Å²) in [5.41, 5.74) is 0.0874. The Bertz CT molecular complexity index is 1550. The number of nitrogens with zero attached hydrogens (tertiary/aromatic N) is 5. The molecule has 5 rings (SSSR count). The molecule has 11 heteroatoms. The normalized spacial score (nSPS) is 12.4. The Balaban J connectivity index is 1.79. The van der Waals surface area contributed by atoms with Crippen LogP contribution in [0.15, 0.2) is 53.8 Å². The highest BCUT2D eigenvalue weighted by atomic mass is 35.5. The quantitative estimate of drug-likeness (QED) is 0.393. The second-order valence-corrected chi connectivity index (χ2v) is 7.65. The van der Waals surface area contributed by atoms with Gasteiger partial charge < -0.3 is 10.3 Å². The van der Waals surface area contributed by atoms with Crippen molar-refractivity contribution in [1.82, 2.24) is 29.5 Å². The summed E-state index contributed by atoms with van der Waals surface area (Å²) >= 11 is 6.26. The number of nitrogens with one attached hydrogen (secondary N) is 2. The Labute approximate surface area is 190 Å². The van der Waals surface area contributed by atoms with Crippen molar-refractivity contribution in [2.45, 2.75) is 19.4 Å². The molecule has 0 amide bonds. The molecule has 1 unspecified atom stereocenters. The van der Waals surface area contributed by atoms with Crippen LogP contribution in [0.1, 0.15) is 25.2 Å². The van der Waals surface area contributed by atoms with E-state index in [-0.39, 0.29) is 16.2 Å². The van der Waals surface area contributed by atoms with Crippen molar-refractivity contribution in [2.24, 2.45) is 0 Å². The molecule has 8 nitrogen and oxygen atoms in total. The topological polar surface area (TPSA) is 101 Å². The SMILES string of the molecule is CCC(Nc1ncnc2[nH]cnc12)c1nc2cccc(Cl)c2c(=O)n1-c1c(F)cccc1F. The summed E-state index contributed by atoms with van der Waals surface area (Å²) in [7, 11) is 0. The van der Waals surface area contributed by atoms with E-state index in [0.29, 0.717) is 28.9 Å². The summed E-state index contributed by atoms with van der Waals surface area (Å²) in [5.74, 6) is -1.33. The smallest absolute Gasteiger partial charge is 0.267 e. The lowest BCUT2D eigenvalue weighted by molar-refractivity contribution is 0.553. The maximum atomic E-state index is 14.8. The molecule has 0 fully saturated rings. The molecular formula is C22H16ClF2N7O. The van der Waals surface area contributed by atoms with Crippen LogP contribution < -0.4 is 10.9 Å². The molecule has 2 aromatic carbocycles. The van der Waals surface area contributed by atoms with Crippen LogP contribution in [0.2, 0.25) is 5.02 Å². The van der Waals surface area contributed by atoms with Crippen molar-refractivity contribution < 1.29 is 8.78 Å². The first-order valence-electron chi connectivity index (χ1n) is 10.1. The number of fused-ring (bicyclic) bond motifs is 2. The van der Waals surface area contributed by atoms with Gasteiger partial charge in [0.25, 0.3) is 5.56 Å². The van der Waals surface area contributed by atoms with E-state index >= 15 is 0 Å². The number of hydrogen-bond donors (Lipinski definition) is 2. The van der Waals surface area contributed by atoms with Crippen molar-refractivity contribution in [3.8, 4) is 5.69 Å². The molecule has 166 valence electrons. The number of benzene rings is 2. The van der Waals surface area contributed by atoms with Crippen molar-refractivity contribution in [2.75, 3.05) is 5.32 Å². The molecule has 0 aliphatic rings. The van der Waals surface area contributed by atoms with E-state index in [2.05, 4.69) is 30.2 Å². The first kappa shape index (κ1) is 21.0. The molecule has 3 heterocycles. The Morgan fingerprint density at radius 3 is 2.64 bits per heavy atom. The van der Waals surface area contributed by atoms with Gasteiger partial charge in [-0.15, -0.1) is 0 Å². The van der Waals surface area contributed by atoms with Gasteiger partial charge in [-0.2, -0.15) is 0 Å². The summed E-state index contributed by atoms with van der Waals surface area (Å²) < 4.78 is 30.6. The predicted octanol–water partition coefficient (Wildman–Crippen LogP) is 4.55. The van der Waals surface area contributed by atoms with Crippen molar-refractivity contribution in [3.05, 3.63) is 81.9 Å². The van der Waals surface area contributed by atoms with Crippen LogP contribution in [0.5, 0.6) is 0 Å². The minimum Gasteiger partial charge on any atom is -0.358 e. The van der Waals surface area contributed by atoms with Gasteiger partial charge in [-0.25, -0.2) is 28.7 Å². The molecule has 2 N–H and O–H groups in total. The first-order valence-corrected chi connectivity index (χ1v) is 10.4. The van der Waals surface area contributed by atoms with E-state index in [1.54, 1.807) is 12.1 Å². The van der Waals surface area contributed by atoms with E-state index in [1.165, 1.54) is 24.8 Å². The van der Waals surface area contributed by atoms with Crippen LogP contribution in [-0.4, -0.2) is 29.5 Å². The third-order valence-electron chi connectivity index (χ3n) is 5.28. The van der Waals surface area contributed by atoms with Gasteiger partial charge in [0.05, 0.1) is 28.3 Å². The van der Waals surface area contributed by atoms with Crippen molar-refractivity contribution >= 4 is 39.5 Å². The zero-order valence-corrected chi connectivity index (χ0v) is 17.9. The van der Waals surface area contributed by atoms with Gasteiger partial charge >= 0.3 is 0 Å². The summed E-state index contributed by atoms with van der Waals surface area (Å²) in [6.45, 7) is 1.84. The number of anilines is 1. The summed E-state index contributed by atoms with van der Waals surface area (Å²) in [4.78, 5) is 33.6. The minimum atomic E-state index is -0.905. The van der Waals surface area contributed by atoms with Crippen LogP contribution >= 0.6 is 11.6 Å². The Morgan fingerprint density at radius 2 is 1.88 bits per heavy atom. The lowest BCUT2D eigenvalue weighted by atomic mass is 10.1. The maximum Gasteiger partial charge on any atom is 0.267 e. The van der Waals surface area contributed by atoms with Crippen LogP contribution in [0.4, 0.5) is 14.6 Å². The average molecular weight is 468 g/mol. The summed E-state index contributed by atoms with van der Waals surface area (Å²) in [6, 6.07) is 7.53. The molecule has 0 spiro atoms. The van der Waals surface area contributed by atoms with Gasteiger partial charge in [0.15, 0.2) is 11.5 Å². The number of imidazole rings is 1. The highest BCUT2D eigenvalue weighted by Crippen LogP contribution is 2.29. The highest BCUT2D eigenvalue weighted by molar-refractivity contribution is 6.35. The van der Waals surface area contributed by atoms with Gasteiger partial charge in [0.2, 0.25) is 0 Å². The lowest BCUT2D eigenvalue weighted by Gasteiger charge is -2.22. The molecule has 1 atom stereocenters. The molecule has 0 saturated heterocycles. The van der Waals surface area contributed by atoms with E-state index in [0.717, 1.165) is 16.7 Å². The predicted molar refractivity (Wildman–Crippen MR) is 121 cm³/mol. The second-order valence-electron chi connectivity index (χ2n) is 7.24. The van der Waals surface area contributed by atoms with E-state index < -0.39 is 28.9 Å². The fourth-order valence-electron chi connectivity index (χ4n) is 3.74. The second kappa shape index (κ2) is 8.21. The van der Waals surface area contributed by atoms with Gasteiger partial charge in [-0.3, -0.25) is 9.36 Å². The van der Waals surface area contributed by atoms with E-state index in [9.17, 15) is 13.6 Å². The fourth-order valence-corrected chi connectivity index (χ4v) is 3.99. The Morgan fingerprint density at radius 1 is 1.12 bits per heavy atom. The molecule has 0 radical (unpaired) electrons. The summed E-state index contributed by atoms with van der Waals surface area (Å²) in [5, 5.41) is 3.40. The summed E-state index contributed by atoms with van der Waals surface area (Å²) in [6.07, 6.45) is 3.24. The molecule has 3 aromatic heterocycles. The lowest BCUT2D eigenvalue weighted by Crippen LogP contribution is -2.29. The number of hydrogen-bond acceptors (Lipinski definition) is 6. The fraction of sp³-hybridized carbons (Fsp3) is 0.136. The van der Waals surface area contributed by atoms with Gasteiger partial charge in [0, 0.05) is 0 Å².